The summed E-state index contributed by atoms with van der Waals surface area (Å²) in [6, 6.07) is 4.03. The molecule has 0 bridgehead atoms. The molecule has 0 aliphatic rings. The summed E-state index contributed by atoms with van der Waals surface area (Å²) in [5.41, 5.74) is 6.21. The van der Waals surface area contributed by atoms with Gasteiger partial charge in [-0.05, 0) is 56.5 Å². The van der Waals surface area contributed by atoms with Crippen LogP contribution < -0.4 is 5.73 Å². The van der Waals surface area contributed by atoms with Gasteiger partial charge in [0.1, 0.15) is 0 Å². The minimum atomic E-state index is -1.86. The van der Waals surface area contributed by atoms with E-state index in [1.807, 2.05) is 0 Å². The van der Waals surface area contributed by atoms with E-state index in [2.05, 4.69) is 36.6 Å². The molecule has 1 rings (SSSR count). The summed E-state index contributed by atoms with van der Waals surface area (Å²) >= 11 is 6.59. The number of halogens is 4. The van der Waals surface area contributed by atoms with Crippen LogP contribution in [-0.4, -0.2) is 18.7 Å². The van der Waals surface area contributed by atoms with Gasteiger partial charge in [0.25, 0.3) is 0 Å². The Morgan fingerprint density at radius 2 is 2.06 bits per heavy atom. The number of nitrogens with two attached hydrogens (primary N) is 1. The molecule has 102 valence electrons. The molecule has 0 aromatic heterocycles. The fourth-order valence-electron chi connectivity index (χ4n) is 1.26. The van der Waals surface area contributed by atoms with Gasteiger partial charge in [0.05, 0.1) is 12.6 Å². The zero-order valence-electron chi connectivity index (χ0n) is 9.53. The molecule has 0 amide bonds. The molecular formula is C11H13Br2ClFNO2. The van der Waals surface area contributed by atoms with Gasteiger partial charge in [0.2, 0.25) is 6.17 Å². The van der Waals surface area contributed by atoms with E-state index in [9.17, 15) is 9.18 Å². The van der Waals surface area contributed by atoms with Crippen LogP contribution in [0, 0.1) is 0 Å². The first-order valence-electron chi connectivity index (χ1n) is 4.98. The van der Waals surface area contributed by atoms with Crippen molar-refractivity contribution in [2.75, 3.05) is 6.61 Å². The highest BCUT2D eigenvalue weighted by molar-refractivity contribution is 9.13. The Labute approximate surface area is 128 Å². The number of benzene rings is 1. The summed E-state index contributed by atoms with van der Waals surface area (Å²) in [6.07, 6.45) is -1.86. The Morgan fingerprint density at radius 1 is 1.44 bits per heavy atom. The average Bonchev–Trinajstić information content (AvgIpc) is 2.31. The quantitative estimate of drug-likeness (QED) is 0.780. The Bertz CT molecular complexity index is 420. The molecular weight excluding hydrogens is 392 g/mol. The van der Waals surface area contributed by atoms with Gasteiger partial charge in [0.15, 0.2) is 0 Å². The SMILES string of the molecule is CCOC(=O)C(F)[C@H](N)c1ccc(Br)c(Br)c1.Cl. The zero-order valence-corrected chi connectivity index (χ0v) is 13.5. The largest absolute Gasteiger partial charge is 0.464 e. The van der Waals surface area contributed by atoms with Crippen LogP contribution in [0.1, 0.15) is 18.5 Å². The summed E-state index contributed by atoms with van der Waals surface area (Å²) in [7, 11) is 0. The molecule has 7 heteroatoms. The van der Waals surface area contributed by atoms with Crippen molar-refractivity contribution < 1.29 is 13.9 Å². The topological polar surface area (TPSA) is 52.3 Å². The molecule has 0 saturated carbocycles. The molecule has 1 aromatic carbocycles. The third-order valence-electron chi connectivity index (χ3n) is 2.16. The number of carbonyl (C=O) groups excluding carboxylic acids is 1. The molecule has 3 nitrogen and oxygen atoms in total. The normalized spacial score (nSPS) is 13.4. The molecule has 0 spiro atoms. The fourth-order valence-corrected chi connectivity index (χ4v) is 1.90. The molecule has 0 aliphatic heterocycles. The second kappa shape index (κ2) is 8.09. The lowest BCUT2D eigenvalue weighted by Crippen LogP contribution is -2.31. The van der Waals surface area contributed by atoms with Crippen LogP contribution in [0.3, 0.4) is 0 Å². The number of ether oxygens (including phenoxy) is 1. The van der Waals surface area contributed by atoms with Crippen molar-refractivity contribution in [2.45, 2.75) is 19.1 Å². The van der Waals surface area contributed by atoms with Gasteiger partial charge in [-0.3, -0.25) is 0 Å². The van der Waals surface area contributed by atoms with Gasteiger partial charge >= 0.3 is 5.97 Å². The molecule has 18 heavy (non-hydrogen) atoms. The second-order valence-electron chi connectivity index (χ2n) is 3.35. The van der Waals surface area contributed by atoms with Crippen molar-refractivity contribution in [1.29, 1.82) is 0 Å². The van der Waals surface area contributed by atoms with E-state index in [0.717, 1.165) is 8.95 Å². The predicted octanol–water partition coefficient (Wildman–Crippen LogP) is 3.53. The van der Waals surface area contributed by atoms with Crippen LogP contribution in [0.25, 0.3) is 0 Å². The summed E-state index contributed by atoms with van der Waals surface area (Å²) in [6.45, 7) is 1.75. The van der Waals surface area contributed by atoms with Crippen molar-refractivity contribution >= 4 is 50.2 Å². The van der Waals surface area contributed by atoms with Crippen molar-refractivity contribution in [1.82, 2.24) is 0 Å². The molecule has 0 saturated heterocycles. The highest BCUT2D eigenvalue weighted by Gasteiger charge is 2.27. The van der Waals surface area contributed by atoms with Gasteiger partial charge in [-0.1, -0.05) is 6.07 Å². The number of alkyl halides is 1. The van der Waals surface area contributed by atoms with Crippen LogP contribution in [0.4, 0.5) is 4.39 Å². The van der Waals surface area contributed by atoms with Gasteiger partial charge in [-0.2, -0.15) is 0 Å². The van der Waals surface area contributed by atoms with Crippen molar-refractivity contribution in [2.24, 2.45) is 5.73 Å². The third kappa shape index (κ3) is 4.50. The Balaban J connectivity index is 0.00000289. The van der Waals surface area contributed by atoms with Crippen LogP contribution in [0.5, 0.6) is 0 Å². The van der Waals surface area contributed by atoms with E-state index in [0.29, 0.717) is 5.56 Å². The van der Waals surface area contributed by atoms with Crippen molar-refractivity contribution in [3.63, 3.8) is 0 Å². The number of carbonyl (C=O) groups is 1. The minimum Gasteiger partial charge on any atom is -0.464 e. The second-order valence-corrected chi connectivity index (χ2v) is 5.06. The zero-order chi connectivity index (χ0) is 13.0. The van der Waals surface area contributed by atoms with E-state index in [4.69, 9.17) is 5.73 Å². The molecule has 0 aliphatic carbocycles. The highest BCUT2D eigenvalue weighted by Crippen LogP contribution is 2.27. The summed E-state index contributed by atoms with van der Waals surface area (Å²) in [5, 5.41) is 0. The monoisotopic (exact) mass is 403 g/mol. The number of hydrogen-bond acceptors (Lipinski definition) is 3. The predicted molar refractivity (Wildman–Crippen MR) is 77.5 cm³/mol. The van der Waals surface area contributed by atoms with Crippen LogP contribution >= 0.6 is 44.3 Å². The lowest BCUT2D eigenvalue weighted by molar-refractivity contribution is -0.149. The molecule has 1 unspecified atom stereocenters. The molecule has 0 fully saturated rings. The third-order valence-corrected chi connectivity index (χ3v) is 4.04. The maximum Gasteiger partial charge on any atom is 0.342 e. The van der Waals surface area contributed by atoms with E-state index in [1.54, 1.807) is 25.1 Å². The summed E-state index contributed by atoms with van der Waals surface area (Å²) in [4.78, 5) is 11.2. The van der Waals surface area contributed by atoms with E-state index < -0.39 is 18.2 Å². The van der Waals surface area contributed by atoms with Crippen LogP contribution in [-0.2, 0) is 9.53 Å². The number of rotatable bonds is 4. The lowest BCUT2D eigenvalue weighted by atomic mass is 10.0. The molecule has 0 radical (unpaired) electrons. The van der Waals surface area contributed by atoms with E-state index >= 15 is 0 Å². The minimum absolute atomic E-state index is 0. The highest BCUT2D eigenvalue weighted by atomic mass is 79.9. The molecule has 2 atom stereocenters. The van der Waals surface area contributed by atoms with E-state index in [-0.39, 0.29) is 19.0 Å². The first-order chi connectivity index (χ1) is 7.97. The summed E-state index contributed by atoms with van der Waals surface area (Å²) < 4.78 is 19.8. The Morgan fingerprint density at radius 3 is 2.56 bits per heavy atom. The Kier molecular flexibility index (Phi) is 8.02. The summed E-state index contributed by atoms with van der Waals surface area (Å²) in [5.74, 6) is -0.931. The molecule has 0 heterocycles. The van der Waals surface area contributed by atoms with Gasteiger partial charge in [-0.15, -0.1) is 12.4 Å². The first kappa shape index (κ1) is 17.8. The van der Waals surface area contributed by atoms with E-state index in [1.165, 1.54) is 0 Å². The van der Waals surface area contributed by atoms with Crippen molar-refractivity contribution in [3.05, 3.63) is 32.7 Å². The van der Waals surface area contributed by atoms with Gasteiger partial charge < -0.3 is 10.5 Å². The standard InChI is InChI=1S/C11H12Br2FNO2.ClH/c1-2-17-11(16)9(14)10(15)6-3-4-7(12)8(13)5-6;/h3-5,9-10H,2,15H2,1H3;1H/t9?,10-;/m1./s1. The van der Waals surface area contributed by atoms with Crippen LogP contribution in [0.15, 0.2) is 27.1 Å². The smallest absolute Gasteiger partial charge is 0.342 e. The van der Waals surface area contributed by atoms with Crippen molar-refractivity contribution in [3.8, 4) is 0 Å². The average molecular weight is 405 g/mol. The Hall–Kier alpha value is -0.170. The molecule has 2 N–H and O–H groups in total. The van der Waals surface area contributed by atoms with Gasteiger partial charge in [0, 0.05) is 8.95 Å². The fraction of sp³-hybridized carbons (Fsp3) is 0.364. The number of hydrogen-bond donors (Lipinski definition) is 1. The first-order valence-corrected chi connectivity index (χ1v) is 6.57. The maximum atomic E-state index is 13.7. The van der Waals surface area contributed by atoms with Gasteiger partial charge in [-0.25, -0.2) is 9.18 Å². The molecule has 1 aromatic rings. The maximum absolute atomic E-state index is 13.7. The number of esters is 1. The lowest BCUT2D eigenvalue weighted by Gasteiger charge is -2.16. The van der Waals surface area contributed by atoms with Crippen LogP contribution in [0.2, 0.25) is 0 Å².